The summed E-state index contributed by atoms with van der Waals surface area (Å²) in [5, 5.41) is 48.4. The summed E-state index contributed by atoms with van der Waals surface area (Å²) >= 11 is 2.47. The van der Waals surface area contributed by atoms with E-state index in [4.69, 9.17) is 0 Å². The third-order valence-electron chi connectivity index (χ3n) is 7.78. The Morgan fingerprint density at radius 1 is 1.13 bits per heavy atom. The maximum atomic E-state index is 13.8. The van der Waals surface area contributed by atoms with Crippen molar-refractivity contribution in [3.05, 3.63) is 69.8 Å². The van der Waals surface area contributed by atoms with Crippen LogP contribution in [0.1, 0.15) is 24.9 Å². The quantitative estimate of drug-likeness (QED) is 0.106. The van der Waals surface area contributed by atoms with Gasteiger partial charge in [0.25, 0.3) is 5.91 Å². The number of phenols is 2. The molecule has 17 nitrogen and oxygen atoms in total. The monoisotopic (exact) mass is 681 g/mol. The number of carboxylic acid groups (broad SMARTS) is 1. The standard InChI is InChI=1S/C28H27N9O8S2/c1-3-18(47-26-31-33-34-32-26)15-11-46-24-20(23(41)37(24)21(15)25(42)43)29-22(40)19(12-8-13(38)10-14(39)9-12)30-27(44)36-17-7-5-4-6-16(17)35(2)28(36)45/h4-10,18-20,24,38-39H,3,11H2,1-2H3,(H,29,40)(H,30,44)(H,42,43)(H,31,32,33,34)/t18?,19?,20?,24-/m0/s1. The highest BCUT2D eigenvalue weighted by molar-refractivity contribution is 8.01. The van der Waals surface area contributed by atoms with E-state index in [0.29, 0.717) is 22.7 Å². The summed E-state index contributed by atoms with van der Waals surface area (Å²) in [6.07, 6.45) is 0.511. The Hall–Kier alpha value is -5.30. The van der Waals surface area contributed by atoms with Crippen molar-refractivity contribution >= 4 is 58.4 Å². The van der Waals surface area contributed by atoms with Gasteiger partial charge in [0.15, 0.2) is 0 Å². The molecule has 244 valence electrons. The Balaban J connectivity index is 1.28. The number of para-hydroxylation sites is 2. The number of benzene rings is 2. The van der Waals surface area contributed by atoms with Crippen LogP contribution in [0.3, 0.4) is 0 Å². The predicted molar refractivity (Wildman–Crippen MR) is 167 cm³/mol. The number of hydrogen-bond acceptors (Lipinski definition) is 12. The topological polar surface area (TPSA) is 238 Å². The molecule has 0 saturated carbocycles. The molecule has 2 aromatic carbocycles. The molecular weight excluding hydrogens is 654 g/mol. The molecule has 6 N–H and O–H groups in total. The first-order valence-electron chi connectivity index (χ1n) is 14.1. The zero-order valence-electron chi connectivity index (χ0n) is 24.6. The predicted octanol–water partition coefficient (Wildman–Crippen LogP) is 0.873. The molecule has 4 heterocycles. The van der Waals surface area contributed by atoms with Crippen molar-refractivity contribution in [3.8, 4) is 11.5 Å². The summed E-state index contributed by atoms with van der Waals surface area (Å²) in [5.74, 6) is -3.47. The van der Waals surface area contributed by atoms with Gasteiger partial charge in [-0.05, 0) is 47.0 Å². The van der Waals surface area contributed by atoms with E-state index < -0.39 is 58.5 Å². The van der Waals surface area contributed by atoms with Crippen molar-refractivity contribution < 1.29 is 34.5 Å². The summed E-state index contributed by atoms with van der Waals surface area (Å²) in [5.41, 5.74) is 0.308. The molecule has 0 aliphatic carbocycles. The number of thioether (sulfide) groups is 2. The SMILES string of the molecule is CCC(Sc1nn[nH]n1)C1=C(C(=O)O)N2C(=O)C(NC(=O)C(NC(=O)n3c(=O)n(C)c4ccccc43)c3cc(O)cc(O)c3)[C@@H]2SC1. The third-order valence-corrected chi connectivity index (χ3v) is 10.4. The molecule has 6 rings (SSSR count). The number of H-pyrrole nitrogens is 1. The molecule has 2 aromatic heterocycles. The first-order valence-corrected chi connectivity index (χ1v) is 16.0. The molecule has 0 spiro atoms. The van der Waals surface area contributed by atoms with Gasteiger partial charge in [-0.15, -0.1) is 22.0 Å². The third kappa shape index (κ3) is 5.67. The molecule has 1 fully saturated rings. The average Bonchev–Trinajstić information content (AvgIpc) is 3.65. The van der Waals surface area contributed by atoms with Crippen LogP contribution in [0.5, 0.6) is 11.5 Å². The minimum Gasteiger partial charge on any atom is -0.508 e. The number of imidazole rings is 1. The Morgan fingerprint density at radius 3 is 2.47 bits per heavy atom. The van der Waals surface area contributed by atoms with Crippen LogP contribution in [0.25, 0.3) is 11.0 Å². The molecule has 3 amide bonds. The van der Waals surface area contributed by atoms with Crippen LogP contribution in [0.4, 0.5) is 4.79 Å². The summed E-state index contributed by atoms with van der Waals surface area (Å²) in [6.45, 7) is 1.86. The van der Waals surface area contributed by atoms with Crippen LogP contribution in [0, 0.1) is 0 Å². The second-order valence-electron chi connectivity index (χ2n) is 10.6. The minimum atomic E-state index is -1.59. The van der Waals surface area contributed by atoms with Crippen molar-refractivity contribution in [2.24, 2.45) is 7.05 Å². The van der Waals surface area contributed by atoms with E-state index in [0.717, 1.165) is 27.7 Å². The fourth-order valence-electron chi connectivity index (χ4n) is 5.62. The molecule has 47 heavy (non-hydrogen) atoms. The van der Waals surface area contributed by atoms with Crippen LogP contribution in [-0.2, 0) is 21.4 Å². The lowest BCUT2D eigenvalue weighted by molar-refractivity contribution is -0.151. The number of β-lactam (4-membered cyclic amide) rings is 1. The molecule has 3 unspecified atom stereocenters. The van der Waals surface area contributed by atoms with Gasteiger partial charge in [-0.25, -0.2) is 19.0 Å². The number of nitrogens with one attached hydrogen (secondary N) is 3. The van der Waals surface area contributed by atoms with E-state index in [1.807, 2.05) is 6.92 Å². The van der Waals surface area contributed by atoms with Gasteiger partial charge in [0, 0.05) is 24.1 Å². The molecule has 4 aromatic rings. The van der Waals surface area contributed by atoms with E-state index in [9.17, 15) is 39.3 Å². The number of aliphatic carboxylic acids is 1. The number of carbonyl (C=O) groups is 4. The van der Waals surface area contributed by atoms with Crippen LogP contribution >= 0.6 is 23.5 Å². The number of aryl methyl sites for hydroxylation is 1. The number of tetrazole rings is 1. The summed E-state index contributed by atoms with van der Waals surface area (Å²) < 4.78 is 2.10. The number of carboxylic acids is 1. The van der Waals surface area contributed by atoms with Crippen molar-refractivity contribution in [1.82, 2.24) is 45.3 Å². The second kappa shape index (κ2) is 12.5. The summed E-state index contributed by atoms with van der Waals surface area (Å²) in [7, 11) is 1.49. The number of nitrogens with zero attached hydrogens (tertiary/aromatic N) is 6. The maximum Gasteiger partial charge on any atom is 0.352 e. The summed E-state index contributed by atoms with van der Waals surface area (Å²) in [4.78, 5) is 67.4. The van der Waals surface area contributed by atoms with Gasteiger partial charge in [0.1, 0.15) is 34.7 Å². The fraction of sp³-hybridized carbons (Fsp3) is 0.286. The van der Waals surface area contributed by atoms with Crippen molar-refractivity contribution in [2.75, 3.05) is 5.75 Å². The number of aromatic nitrogens is 6. The van der Waals surface area contributed by atoms with E-state index in [1.165, 1.54) is 35.1 Å². The highest BCUT2D eigenvalue weighted by atomic mass is 32.2. The number of amides is 3. The molecule has 4 atom stereocenters. The lowest BCUT2D eigenvalue weighted by Crippen LogP contribution is -2.71. The number of rotatable bonds is 9. The largest absolute Gasteiger partial charge is 0.508 e. The number of aromatic hydroxyl groups is 2. The van der Waals surface area contributed by atoms with Crippen molar-refractivity contribution in [3.63, 3.8) is 0 Å². The zero-order chi connectivity index (χ0) is 33.6. The average molecular weight is 682 g/mol. The van der Waals surface area contributed by atoms with E-state index in [2.05, 4.69) is 31.3 Å². The second-order valence-corrected chi connectivity index (χ2v) is 12.9. The molecule has 19 heteroatoms. The fourth-order valence-corrected chi connectivity index (χ4v) is 8.09. The van der Waals surface area contributed by atoms with Crippen LogP contribution in [0.15, 0.2) is 63.7 Å². The van der Waals surface area contributed by atoms with Crippen LogP contribution in [-0.4, -0.2) is 96.2 Å². The lowest BCUT2D eigenvalue weighted by atomic mass is 9.99. The van der Waals surface area contributed by atoms with Crippen molar-refractivity contribution in [1.29, 1.82) is 0 Å². The Morgan fingerprint density at radius 2 is 1.83 bits per heavy atom. The Labute approximate surface area is 273 Å². The first-order chi connectivity index (χ1) is 22.5. The number of fused-ring (bicyclic) bond motifs is 2. The smallest absolute Gasteiger partial charge is 0.352 e. The first kappa shape index (κ1) is 31.7. The van der Waals surface area contributed by atoms with Gasteiger partial charge >= 0.3 is 17.7 Å². The number of phenolic OH excluding ortho intramolecular Hbond substituents is 2. The van der Waals surface area contributed by atoms with Gasteiger partial charge in [-0.2, -0.15) is 5.21 Å². The van der Waals surface area contributed by atoms with Gasteiger partial charge in [-0.1, -0.05) is 30.8 Å². The van der Waals surface area contributed by atoms with Gasteiger partial charge in [0.2, 0.25) is 11.1 Å². The normalized spacial score (nSPS) is 18.8. The molecule has 1 saturated heterocycles. The van der Waals surface area contributed by atoms with Gasteiger partial charge in [-0.3, -0.25) is 19.1 Å². The molecule has 2 aliphatic heterocycles. The van der Waals surface area contributed by atoms with E-state index >= 15 is 0 Å². The number of hydrogen-bond donors (Lipinski definition) is 6. The Kier molecular flexibility index (Phi) is 8.41. The van der Waals surface area contributed by atoms with Gasteiger partial charge in [0.05, 0.1) is 11.0 Å². The molecule has 0 bridgehead atoms. The maximum absolute atomic E-state index is 13.8. The number of aromatic amines is 1. The van der Waals surface area contributed by atoms with E-state index in [1.54, 1.807) is 24.3 Å². The minimum absolute atomic E-state index is 0.0424. The van der Waals surface area contributed by atoms with Crippen LogP contribution in [0.2, 0.25) is 0 Å². The molecule has 2 aliphatic rings. The Bertz CT molecular complexity index is 1990. The van der Waals surface area contributed by atoms with Crippen LogP contribution < -0.4 is 16.3 Å². The lowest BCUT2D eigenvalue weighted by Gasteiger charge is -2.50. The van der Waals surface area contributed by atoms with Crippen molar-refractivity contribution in [2.45, 2.75) is 41.2 Å². The summed E-state index contributed by atoms with van der Waals surface area (Å²) in [6, 6.07) is 6.10. The van der Waals surface area contributed by atoms with E-state index in [-0.39, 0.29) is 27.8 Å². The molecular formula is C28H27N9O8S2. The zero-order valence-corrected chi connectivity index (χ0v) is 26.3. The highest BCUT2D eigenvalue weighted by Crippen LogP contribution is 2.44. The number of carbonyl (C=O) groups excluding carboxylic acids is 3. The van der Waals surface area contributed by atoms with Gasteiger partial charge < -0.3 is 26.0 Å². The highest BCUT2D eigenvalue weighted by Gasteiger charge is 2.55. The molecule has 0 radical (unpaired) electrons.